The number of amides is 1. The minimum absolute atomic E-state index is 0.174. The van der Waals surface area contributed by atoms with Crippen LogP contribution in [0.15, 0.2) is 93.7 Å². The quantitative estimate of drug-likeness (QED) is 0.407. The van der Waals surface area contributed by atoms with Crippen molar-refractivity contribution in [2.45, 2.75) is 11.8 Å². The molecule has 0 bridgehead atoms. The summed E-state index contributed by atoms with van der Waals surface area (Å²) >= 11 is 2.86. The van der Waals surface area contributed by atoms with Crippen LogP contribution in [0.3, 0.4) is 0 Å². The summed E-state index contributed by atoms with van der Waals surface area (Å²) in [6, 6.07) is 24.6. The largest absolute Gasteiger partial charge is 0.497 e. The molecule has 37 heavy (non-hydrogen) atoms. The maximum absolute atomic E-state index is 14.0. The molecule has 3 heterocycles. The van der Waals surface area contributed by atoms with Gasteiger partial charge in [0, 0.05) is 18.0 Å². The maximum atomic E-state index is 14.0. The summed E-state index contributed by atoms with van der Waals surface area (Å²) in [7, 11) is 3.58. The van der Waals surface area contributed by atoms with Crippen LogP contribution in [0.25, 0.3) is 16.3 Å². The number of hydrazone groups is 1. The summed E-state index contributed by atoms with van der Waals surface area (Å²) in [5, 5.41) is 6.77. The zero-order valence-electron chi connectivity index (χ0n) is 20.3. The molecule has 0 N–H and O–H groups in total. The van der Waals surface area contributed by atoms with Crippen LogP contribution < -0.4 is 29.4 Å². The number of anilines is 2. The van der Waals surface area contributed by atoms with Crippen molar-refractivity contribution < 1.29 is 9.53 Å². The zero-order valence-corrected chi connectivity index (χ0v) is 22.0. The van der Waals surface area contributed by atoms with Crippen molar-refractivity contribution >= 4 is 56.7 Å². The fraction of sp³-hybridized carbons (Fsp3) is 0.107. The van der Waals surface area contributed by atoms with E-state index in [1.54, 1.807) is 18.6 Å². The van der Waals surface area contributed by atoms with Gasteiger partial charge in [-0.1, -0.05) is 48.2 Å². The lowest BCUT2D eigenvalue weighted by Gasteiger charge is -2.13. The number of ether oxygens (including phenoxy) is 1. The maximum Gasteiger partial charge on any atom is 0.283 e. The predicted octanol–water partition coefficient (Wildman–Crippen LogP) is 3.79. The normalized spacial score (nSPS) is 17.8. The number of para-hydroxylation sites is 2. The van der Waals surface area contributed by atoms with Crippen LogP contribution in [0.5, 0.6) is 5.75 Å². The third kappa shape index (κ3) is 3.78. The van der Waals surface area contributed by atoms with Crippen LogP contribution in [0.4, 0.5) is 11.4 Å². The third-order valence-corrected chi connectivity index (χ3v) is 8.80. The van der Waals surface area contributed by atoms with E-state index in [9.17, 15) is 9.59 Å². The van der Waals surface area contributed by atoms with Crippen LogP contribution in [0.2, 0.25) is 0 Å². The van der Waals surface area contributed by atoms with Crippen molar-refractivity contribution in [3.05, 3.63) is 98.4 Å². The molecule has 4 aromatic rings. The zero-order chi connectivity index (χ0) is 25.7. The standard InChI is InChI=1S/C28H22N4O3S2/c1-17-23(25(33)32(29-17)19-12-8-5-9-13-19)27-31(18-10-6-4-7-11-18)26(34)24(37-27)28-30(2)21-16-20(35-3)14-15-22(21)36-28/h4-16H,1-3H3. The molecule has 2 aliphatic heterocycles. The first-order valence-electron chi connectivity index (χ1n) is 11.6. The smallest absolute Gasteiger partial charge is 0.283 e. The van der Waals surface area contributed by atoms with E-state index < -0.39 is 0 Å². The molecular weight excluding hydrogens is 504 g/mol. The highest BCUT2D eigenvalue weighted by Gasteiger charge is 2.32. The van der Waals surface area contributed by atoms with E-state index in [4.69, 9.17) is 4.74 Å². The average molecular weight is 527 g/mol. The Balaban J connectivity index is 1.62. The SMILES string of the molecule is COc1ccc2c(c1)N(C)C(=c1sc(=C3C(=O)N(c4ccccc4)N=C3C)n(-c3ccccc3)c1=O)S2. The number of aromatic nitrogens is 1. The number of rotatable bonds is 3. The van der Waals surface area contributed by atoms with Crippen molar-refractivity contribution in [1.29, 1.82) is 0 Å². The lowest BCUT2D eigenvalue weighted by Crippen LogP contribution is -2.34. The van der Waals surface area contributed by atoms with Crippen molar-refractivity contribution in [2.24, 2.45) is 5.10 Å². The van der Waals surface area contributed by atoms with Crippen molar-refractivity contribution in [3.63, 3.8) is 0 Å². The summed E-state index contributed by atoms with van der Waals surface area (Å²) in [4.78, 5) is 30.8. The Morgan fingerprint density at radius 2 is 1.57 bits per heavy atom. The monoisotopic (exact) mass is 526 g/mol. The Bertz CT molecular complexity index is 1760. The van der Waals surface area contributed by atoms with Crippen LogP contribution >= 0.6 is 23.1 Å². The fourth-order valence-corrected chi connectivity index (χ4v) is 6.96. The van der Waals surface area contributed by atoms with E-state index in [2.05, 4.69) is 5.10 Å². The number of methoxy groups -OCH3 is 1. The predicted molar refractivity (Wildman–Crippen MR) is 150 cm³/mol. The fourth-order valence-electron chi connectivity index (χ4n) is 4.44. The Morgan fingerprint density at radius 3 is 2.24 bits per heavy atom. The highest BCUT2D eigenvalue weighted by Crippen LogP contribution is 2.46. The summed E-state index contributed by atoms with van der Waals surface area (Å²) < 4.78 is 8.16. The molecule has 0 saturated heterocycles. The molecule has 0 spiro atoms. The first-order chi connectivity index (χ1) is 18.0. The number of benzene rings is 3. The lowest BCUT2D eigenvalue weighted by molar-refractivity contribution is -0.112. The molecule has 6 rings (SSSR count). The molecule has 1 amide bonds. The van der Waals surface area contributed by atoms with Crippen LogP contribution in [-0.2, 0) is 4.79 Å². The second kappa shape index (κ2) is 9.10. The van der Waals surface area contributed by atoms with Crippen molar-refractivity contribution in [3.8, 4) is 11.4 Å². The molecule has 0 fully saturated rings. The molecule has 1 aromatic heterocycles. The van der Waals surface area contributed by atoms with E-state index >= 15 is 0 Å². The highest BCUT2D eigenvalue weighted by atomic mass is 32.2. The van der Waals surface area contributed by atoms with Gasteiger partial charge in [0.05, 0.1) is 35.5 Å². The van der Waals surface area contributed by atoms with E-state index in [1.807, 2.05) is 90.8 Å². The molecule has 3 aromatic carbocycles. The Kier molecular flexibility index (Phi) is 5.73. The van der Waals surface area contributed by atoms with Gasteiger partial charge in [-0.2, -0.15) is 10.1 Å². The Labute approximate surface area is 221 Å². The topological polar surface area (TPSA) is 67.1 Å². The second-order valence-corrected chi connectivity index (χ2v) is 10.6. The van der Waals surface area contributed by atoms with Gasteiger partial charge in [-0.25, -0.2) is 0 Å². The Morgan fingerprint density at radius 1 is 0.892 bits per heavy atom. The number of carbonyl (C=O) groups excluding carboxylic acids is 1. The average Bonchev–Trinajstić information content (AvgIpc) is 3.54. The number of fused-ring (bicyclic) bond motifs is 1. The first kappa shape index (κ1) is 23.3. The molecule has 0 radical (unpaired) electrons. The van der Waals surface area contributed by atoms with E-state index in [1.165, 1.54) is 28.1 Å². The number of thiazole rings is 1. The van der Waals surface area contributed by atoms with Crippen LogP contribution in [0.1, 0.15) is 6.92 Å². The van der Waals surface area contributed by atoms with Crippen LogP contribution in [0, 0.1) is 0 Å². The molecule has 2 aliphatic rings. The minimum atomic E-state index is -0.258. The van der Waals surface area contributed by atoms with Gasteiger partial charge in [-0.05, 0) is 43.3 Å². The van der Waals surface area contributed by atoms with Gasteiger partial charge in [0.1, 0.15) is 20.0 Å². The van der Waals surface area contributed by atoms with Crippen LogP contribution in [-0.4, -0.2) is 30.3 Å². The van der Waals surface area contributed by atoms with Crippen molar-refractivity contribution in [2.75, 3.05) is 24.1 Å². The van der Waals surface area contributed by atoms with Gasteiger partial charge in [0.15, 0.2) is 0 Å². The van der Waals surface area contributed by atoms with E-state index in [-0.39, 0.29) is 11.5 Å². The molecule has 0 aliphatic carbocycles. The van der Waals surface area contributed by atoms with Gasteiger partial charge in [0.25, 0.3) is 11.5 Å². The third-order valence-electron chi connectivity index (χ3n) is 6.28. The van der Waals surface area contributed by atoms with Gasteiger partial charge in [-0.15, -0.1) is 11.3 Å². The molecule has 9 heteroatoms. The van der Waals surface area contributed by atoms with E-state index in [0.29, 0.717) is 31.9 Å². The molecule has 0 unspecified atom stereocenters. The lowest BCUT2D eigenvalue weighted by atomic mass is 10.2. The summed E-state index contributed by atoms with van der Waals surface area (Å²) in [6.45, 7) is 1.81. The number of carbonyl (C=O) groups is 1. The van der Waals surface area contributed by atoms with Gasteiger partial charge in [-0.3, -0.25) is 14.2 Å². The number of nitrogens with zero attached hydrogens (tertiary/aromatic N) is 4. The number of hydrogen-bond acceptors (Lipinski definition) is 7. The summed E-state index contributed by atoms with van der Waals surface area (Å²) in [5.74, 6) is 0.493. The van der Waals surface area contributed by atoms with Gasteiger partial charge < -0.3 is 9.64 Å². The second-order valence-electron chi connectivity index (χ2n) is 8.53. The molecule has 0 saturated carbocycles. The molecule has 7 nitrogen and oxygen atoms in total. The van der Waals surface area contributed by atoms with Crippen molar-refractivity contribution in [1.82, 2.24) is 4.57 Å². The molecule has 184 valence electrons. The first-order valence-corrected chi connectivity index (χ1v) is 13.2. The van der Waals surface area contributed by atoms with Gasteiger partial charge >= 0.3 is 0 Å². The molecular formula is C28H22N4O3S2. The summed E-state index contributed by atoms with van der Waals surface area (Å²) in [6.07, 6.45) is 0. The molecule has 0 atom stereocenters. The summed E-state index contributed by atoms with van der Waals surface area (Å²) in [5.41, 5.74) is 3.16. The van der Waals surface area contributed by atoms with E-state index in [0.717, 1.165) is 21.4 Å². The number of thioether (sulfide) groups is 1. The van der Waals surface area contributed by atoms with Gasteiger partial charge in [0.2, 0.25) is 0 Å². The number of hydrogen-bond donors (Lipinski definition) is 0. The Hall–Kier alpha value is -4.08. The minimum Gasteiger partial charge on any atom is -0.497 e. The highest BCUT2D eigenvalue weighted by molar-refractivity contribution is 8.08.